The van der Waals surface area contributed by atoms with E-state index in [1.807, 2.05) is 24.3 Å². The van der Waals surface area contributed by atoms with Crippen LogP contribution in [0.2, 0.25) is 4.34 Å². The van der Waals surface area contributed by atoms with E-state index in [9.17, 15) is 9.59 Å². The number of cyclic esters (lactones) is 1. The van der Waals surface area contributed by atoms with Gasteiger partial charge in [0, 0.05) is 12.2 Å². The molecule has 6 nitrogen and oxygen atoms in total. The van der Waals surface area contributed by atoms with E-state index >= 15 is 0 Å². The summed E-state index contributed by atoms with van der Waals surface area (Å²) in [5.74, 6) is -0.228. The summed E-state index contributed by atoms with van der Waals surface area (Å²) in [6.45, 7) is 1.08. The largest absolute Gasteiger partial charge is 0.442 e. The number of hydrogen-bond donors (Lipinski definition) is 2. The summed E-state index contributed by atoms with van der Waals surface area (Å²) in [7, 11) is 0. The lowest BCUT2D eigenvalue weighted by Gasteiger charge is -2.13. The summed E-state index contributed by atoms with van der Waals surface area (Å²) in [5.41, 5.74) is 7.30. The lowest BCUT2D eigenvalue weighted by Crippen LogP contribution is -2.34. The van der Waals surface area contributed by atoms with E-state index in [0.717, 1.165) is 11.3 Å². The van der Waals surface area contributed by atoms with Crippen molar-refractivity contribution >= 4 is 40.6 Å². The van der Waals surface area contributed by atoms with Crippen molar-refractivity contribution in [1.29, 1.82) is 0 Å². The van der Waals surface area contributed by atoms with E-state index in [2.05, 4.69) is 5.32 Å². The quantitative estimate of drug-likeness (QED) is 0.853. The Kier molecular flexibility index (Phi) is 5.03. The van der Waals surface area contributed by atoms with Gasteiger partial charge in [0.15, 0.2) is 0 Å². The molecular formula is C16H16ClN3O3S. The van der Waals surface area contributed by atoms with Gasteiger partial charge in [-0.05, 0) is 29.8 Å². The molecule has 1 saturated heterocycles. The number of nitrogens with zero attached hydrogens (tertiary/aromatic N) is 1. The van der Waals surface area contributed by atoms with Crippen LogP contribution in [0.25, 0.3) is 0 Å². The van der Waals surface area contributed by atoms with Crippen molar-refractivity contribution in [2.45, 2.75) is 12.6 Å². The minimum Gasteiger partial charge on any atom is -0.442 e. The highest BCUT2D eigenvalue weighted by atomic mass is 35.5. The van der Waals surface area contributed by atoms with E-state index in [0.29, 0.717) is 22.3 Å². The third-order valence-electron chi connectivity index (χ3n) is 3.65. The number of anilines is 1. The van der Waals surface area contributed by atoms with Gasteiger partial charge in [-0.2, -0.15) is 0 Å². The van der Waals surface area contributed by atoms with E-state index in [1.165, 1.54) is 11.3 Å². The van der Waals surface area contributed by atoms with Crippen molar-refractivity contribution in [1.82, 2.24) is 5.32 Å². The lowest BCUT2D eigenvalue weighted by atomic mass is 10.2. The molecule has 1 aromatic heterocycles. The highest BCUT2D eigenvalue weighted by Gasteiger charge is 2.32. The zero-order chi connectivity index (χ0) is 17.1. The molecule has 0 bridgehead atoms. The third kappa shape index (κ3) is 3.69. The van der Waals surface area contributed by atoms with Crippen LogP contribution in [-0.2, 0) is 11.3 Å². The van der Waals surface area contributed by atoms with Crippen molar-refractivity contribution < 1.29 is 14.3 Å². The van der Waals surface area contributed by atoms with Gasteiger partial charge in [-0.1, -0.05) is 23.7 Å². The average molecular weight is 366 g/mol. The molecule has 1 fully saturated rings. The number of thiophene rings is 1. The van der Waals surface area contributed by atoms with Crippen LogP contribution in [0.4, 0.5) is 10.5 Å². The first-order valence-corrected chi connectivity index (χ1v) is 8.57. The Bertz CT molecular complexity index is 747. The number of carbonyl (C=O) groups excluding carboxylic acids is 2. The molecule has 3 rings (SSSR count). The summed E-state index contributed by atoms with van der Waals surface area (Å²) in [6, 6.07) is 10.7. The number of rotatable bonds is 5. The lowest BCUT2D eigenvalue weighted by molar-refractivity contribution is 0.0920. The number of carbonyl (C=O) groups is 2. The van der Waals surface area contributed by atoms with Gasteiger partial charge in [-0.25, -0.2) is 4.79 Å². The Morgan fingerprint density at radius 1 is 1.33 bits per heavy atom. The number of amides is 2. The smallest absolute Gasteiger partial charge is 0.414 e. The van der Waals surface area contributed by atoms with E-state index < -0.39 is 12.2 Å². The Labute approximate surface area is 148 Å². The molecule has 8 heteroatoms. The van der Waals surface area contributed by atoms with Gasteiger partial charge >= 0.3 is 6.09 Å². The number of hydrogen-bond acceptors (Lipinski definition) is 5. The van der Waals surface area contributed by atoms with Gasteiger partial charge in [-0.15, -0.1) is 11.3 Å². The number of nitrogens with one attached hydrogen (secondary N) is 1. The summed E-state index contributed by atoms with van der Waals surface area (Å²) in [6.07, 6.45) is -0.819. The molecule has 0 saturated carbocycles. The van der Waals surface area contributed by atoms with Gasteiger partial charge in [0.05, 0.1) is 22.3 Å². The molecule has 1 unspecified atom stereocenters. The minimum absolute atomic E-state index is 0.228. The topological polar surface area (TPSA) is 84.7 Å². The standard InChI is InChI=1S/C16H16ClN3O3S/c17-14-6-5-13(24-14)15(21)19-8-12-9-20(16(22)23-12)11-3-1-10(7-18)2-4-11/h1-6,12H,7-9,18H2,(H,19,21). The maximum absolute atomic E-state index is 12.0. The molecule has 0 aliphatic carbocycles. The Hall–Kier alpha value is -2.09. The zero-order valence-corrected chi connectivity index (χ0v) is 14.3. The molecule has 1 aliphatic rings. The molecule has 2 aromatic rings. The van der Waals surface area contributed by atoms with Crippen LogP contribution < -0.4 is 16.0 Å². The van der Waals surface area contributed by atoms with Crippen molar-refractivity contribution in [3.8, 4) is 0 Å². The van der Waals surface area contributed by atoms with Gasteiger partial charge < -0.3 is 15.8 Å². The first-order valence-electron chi connectivity index (χ1n) is 7.37. The van der Waals surface area contributed by atoms with Crippen LogP contribution in [0.1, 0.15) is 15.2 Å². The van der Waals surface area contributed by atoms with Gasteiger partial charge in [0.25, 0.3) is 5.91 Å². The van der Waals surface area contributed by atoms with Crippen LogP contribution in [0.3, 0.4) is 0 Å². The van der Waals surface area contributed by atoms with Crippen molar-refractivity contribution in [3.63, 3.8) is 0 Å². The fourth-order valence-electron chi connectivity index (χ4n) is 2.38. The molecular weight excluding hydrogens is 350 g/mol. The third-order valence-corrected chi connectivity index (χ3v) is 4.87. The second kappa shape index (κ2) is 7.21. The number of halogens is 1. The summed E-state index contributed by atoms with van der Waals surface area (Å²) in [4.78, 5) is 26.1. The number of nitrogens with two attached hydrogens (primary N) is 1. The molecule has 2 amide bonds. The minimum atomic E-state index is -0.422. The molecule has 126 valence electrons. The molecule has 1 atom stereocenters. The molecule has 0 spiro atoms. The second-order valence-electron chi connectivity index (χ2n) is 5.30. The maximum Gasteiger partial charge on any atom is 0.414 e. The predicted octanol–water partition coefficient (Wildman–Crippen LogP) is 2.62. The number of ether oxygens (including phenoxy) is 1. The first kappa shape index (κ1) is 16.8. The normalized spacial score (nSPS) is 17.0. The molecule has 1 aromatic carbocycles. The Balaban J connectivity index is 1.57. The van der Waals surface area contributed by atoms with Crippen molar-refractivity contribution in [2.75, 3.05) is 18.0 Å². The summed E-state index contributed by atoms with van der Waals surface area (Å²) in [5, 5.41) is 2.76. The van der Waals surface area contributed by atoms with Crippen LogP contribution >= 0.6 is 22.9 Å². The van der Waals surface area contributed by atoms with Gasteiger partial charge in [0.1, 0.15) is 6.10 Å². The highest BCUT2D eigenvalue weighted by molar-refractivity contribution is 7.17. The molecule has 24 heavy (non-hydrogen) atoms. The average Bonchev–Trinajstić information content (AvgIpc) is 3.18. The van der Waals surface area contributed by atoms with E-state index in [1.54, 1.807) is 17.0 Å². The molecule has 0 radical (unpaired) electrons. The summed E-state index contributed by atoms with van der Waals surface area (Å²) >= 11 is 7.02. The molecule has 1 aliphatic heterocycles. The predicted molar refractivity (Wildman–Crippen MR) is 93.6 cm³/mol. The second-order valence-corrected chi connectivity index (χ2v) is 7.02. The van der Waals surface area contributed by atoms with E-state index in [4.69, 9.17) is 22.1 Å². The Morgan fingerprint density at radius 3 is 2.71 bits per heavy atom. The van der Waals surface area contributed by atoms with Gasteiger partial charge in [-0.3, -0.25) is 9.69 Å². The maximum atomic E-state index is 12.0. The summed E-state index contributed by atoms with van der Waals surface area (Å²) < 4.78 is 5.86. The van der Waals surface area contributed by atoms with Crippen LogP contribution in [0, 0.1) is 0 Å². The molecule has 3 N–H and O–H groups in total. The fourth-order valence-corrected chi connectivity index (χ4v) is 3.34. The van der Waals surface area contributed by atoms with Crippen LogP contribution in [0.5, 0.6) is 0 Å². The first-order chi connectivity index (χ1) is 11.6. The molecule has 2 heterocycles. The van der Waals surface area contributed by atoms with Gasteiger partial charge in [0.2, 0.25) is 0 Å². The highest BCUT2D eigenvalue weighted by Crippen LogP contribution is 2.23. The van der Waals surface area contributed by atoms with Crippen LogP contribution in [-0.4, -0.2) is 31.2 Å². The SMILES string of the molecule is NCc1ccc(N2CC(CNC(=O)c3ccc(Cl)s3)OC2=O)cc1. The Morgan fingerprint density at radius 2 is 2.08 bits per heavy atom. The zero-order valence-electron chi connectivity index (χ0n) is 12.7. The fraction of sp³-hybridized carbons (Fsp3) is 0.250. The van der Waals surface area contributed by atoms with E-state index in [-0.39, 0.29) is 12.5 Å². The van der Waals surface area contributed by atoms with Crippen LogP contribution in [0.15, 0.2) is 36.4 Å². The van der Waals surface area contributed by atoms with Crippen molar-refractivity contribution in [2.24, 2.45) is 5.73 Å². The monoisotopic (exact) mass is 365 g/mol. The van der Waals surface area contributed by atoms with Crippen molar-refractivity contribution in [3.05, 3.63) is 51.2 Å². The number of benzene rings is 1.